The maximum atomic E-state index is 4.98. The largest absolute Gasteiger partial charge is 0.245 e. The minimum Gasteiger partial charge on any atom is -0.0713 e. The quantitative estimate of drug-likeness (QED) is 0.415. The van der Waals surface area contributed by atoms with Crippen LogP contribution in [-0.2, 0) is 0 Å². The molecule has 32 valence electrons. The Morgan fingerprint density at radius 2 is 1.20 bits per heavy atom. The molecule has 0 aromatic carbocycles. The van der Waals surface area contributed by atoms with Crippen molar-refractivity contribution in [3.8, 4) is 0 Å². The average molecular weight is 199 g/mol. The summed E-state index contributed by atoms with van der Waals surface area (Å²) in [5, 5.41) is 0. The first kappa shape index (κ1) is 6.35. The Labute approximate surface area is 53.5 Å². The molecule has 0 saturated heterocycles. The molecule has 0 amide bonds. The highest BCUT2D eigenvalue weighted by molar-refractivity contribution is 9.11. The summed E-state index contributed by atoms with van der Waals surface area (Å²) in [5.74, 6) is 0. The molecule has 0 fully saturated rings. The zero-order chi connectivity index (χ0) is 4.50. The third-order valence-corrected chi connectivity index (χ3v) is 0. The maximum Gasteiger partial charge on any atom is 0.245 e. The lowest BCUT2D eigenvalue weighted by atomic mass is 12.9. The van der Waals surface area contributed by atoms with Crippen LogP contribution in [0.3, 0.4) is 0 Å². The first-order chi connectivity index (χ1) is 2.00. The second-order valence-corrected chi connectivity index (χ2v) is 5.27. The van der Waals surface area contributed by atoms with Crippen LogP contribution in [0.25, 0.3) is 0 Å². The van der Waals surface area contributed by atoms with Gasteiger partial charge >= 0.3 is 0 Å². The van der Waals surface area contributed by atoms with Crippen molar-refractivity contribution in [2.24, 2.45) is 0 Å². The van der Waals surface area contributed by atoms with Gasteiger partial charge in [-0.05, 0) is 15.9 Å². The van der Waals surface area contributed by atoms with Gasteiger partial charge in [0.2, 0.25) is 2.70 Å². The Kier molecular flexibility index (Phi) is 2.38. The van der Waals surface area contributed by atoms with Crippen molar-refractivity contribution in [1.82, 2.24) is 0 Å². The molecular weight excluding hydrogens is 199 g/mol. The molecule has 0 N–H and O–H groups in total. The van der Waals surface area contributed by atoms with Crippen molar-refractivity contribution in [2.45, 2.75) is 2.70 Å². The molecule has 5 heavy (non-hydrogen) atoms. The highest BCUT2D eigenvalue weighted by atomic mass is 79.9. The second-order valence-electron chi connectivity index (χ2n) is 0.429. The molecule has 0 aromatic rings. The van der Waals surface area contributed by atoms with E-state index in [2.05, 4.69) is 15.9 Å². The van der Waals surface area contributed by atoms with Crippen LogP contribution in [0.5, 0.6) is 0 Å². The van der Waals surface area contributed by atoms with Crippen molar-refractivity contribution in [3.63, 3.8) is 0 Å². The zero-order valence-electron chi connectivity index (χ0n) is 2.01. The van der Waals surface area contributed by atoms with Gasteiger partial charge in [-0.2, -0.15) is 0 Å². The Bertz CT molecular complexity index is 22.4. The van der Waals surface area contributed by atoms with Crippen molar-refractivity contribution < 1.29 is 0 Å². The van der Waals surface area contributed by atoms with Gasteiger partial charge in [0, 0.05) is 0 Å². The van der Waals surface area contributed by atoms with E-state index in [1.54, 1.807) is 0 Å². The molecule has 0 spiro atoms. The topological polar surface area (TPSA) is 0 Å². The lowest BCUT2D eigenvalue weighted by Crippen LogP contribution is -1.79. The minimum absolute atomic E-state index is 1.27. The first-order valence-electron chi connectivity index (χ1n) is 0.756. The van der Waals surface area contributed by atoms with Gasteiger partial charge in [-0.15, -0.1) is 0 Å². The summed E-state index contributed by atoms with van der Waals surface area (Å²) < 4.78 is -1.27. The van der Waals surface area contributed by atoms with Gasteiger partial charge in [-0.1, -0.05) is 34.8 Å². The zero-order valence-corrected chi connectivity index (χ0v) is 5.87. The van der Waals surface area contributed by atoms with E-state index in [4.69, 9.17) is 34.8 Å². The van der Waals surface area contributed by atoms with Crippen LogP contribution in [0.2, 0.25) is 0 Å². The van der Waals surface area contributed by atoms with E-state index in [0.717, 1.165) is 0 Å². The molecule has 0 aliphatic heterocycles. The van der Waals surface area contributed by atoms with E-state index in [9.17, 15) is 0 Å². The Morgan fingerprint density at radius 3 is 1.20 bits per heavy atom. The molecule has 0 aromatic heterocycles. The van der Waals surface area contributed by atoms with Crippen LogP contribution in [-0.4, -0.2) is 2.70 Å². The van der Waals surface area contributed by atoms with E-state index in [1.807, 2.05) is 0 Å². The second kappa shape index (κ2) is 1.87. The molecule has 0 aliphatic rings. The van der Waals surface area contributed by atoms with E-state index in [0.29, 0.717) is 0 Å². The maximum absolute atomic E-state index is 4.98. The van der Waals surface area contributed by atoms with Crippen molar-refractivity contribution in [3.05, 3.63) is 0 Å². The summed E-state index contributed by atoms with van der Waals surface area (Å²) in [6, 6.07) is 0. The van der Waals surface area contributed by atoms with E-state index >= 15 is 0 Å². The molecule has 0 bridgehead atoms. The molecular formula is CBrCl3. The van der Waals surface area contributed by atoms with Crippen LogP contribution >= 0.6 is 50.7 Å². The van der Waals surface area contributed by atoms with Gasteiger partial charge in [0.05, 0.1) is 0 Å². The van der Waals surface area contributed by atoms with Gasteiger partial charge in [-0.25, -0.2) is 0 Å². The van der Waals surface area contributed by atoms with E-state index in [1.165, 1.54) is 0 Å². The summed E-state index contributed by atoms with van der Waals surface area (Å²) in [6.45, 7) is 0. The van der Waals surface area contributed by atoms with Crippen LogP contribution in [0, 0.1) is 0 Å². The lowest BCUT2D eigenvalue weighted by molar-refractivity contribution is 1.84. The van der Waals surface area contributed by atoms with Crippen molar-refractivity contribution in [1.29, 1.82) is 0 Å². The molecule has 0 saturated carbocycles. The normalized spacial score (nSPS) is 12.0. The third kappa shape index (κ3) is 32.9. The lowest BCUT2D eigenvalue weighted by Gasteiger charge is -1.91. The van der Waals surface area contributed by atoms with Gasteiger partial charge in [-0.3, -0.25) is 0 Å². The molecule has 0 nitrogen and oxygen atoms in total. The van der Waals surface area contributed by atoms with Gasteiger partial charge < -0.3 is 0 Å². The number of hydrogen-bond acceptors (Lipinski definition) is 0. The Balaban J connectivity index is 3.02. The summed E-state index contributed by atoms with van der Waals surface area (Å²) in [7, 11) is 0. The third-order valence-electron chi connectivity index (χ3n) is 0. The number of rotatable bonds is 0. The van der Waals surface area contributed by atoms with Gasteiger partial charge in [0.25, 0.3) is 0 Å². The van der Waals surface area contributed by atoms with Crippen LogP contribution in [0.1, 0.15) is 0 Å². The summed E-state index contributed by atoms with van der Waals surface area (Å²) in [5.41, 5.74) is 0. The highest BCUT2D eigenvalue weighted by Crippen LogP contribution is 2.32. The van der Waals surface area contributed by atoms with Crippen LogP contribution in [0.15, 0.2) is 0 Å². The first-order valence-corrected chi connectivity index (χ1v) is 2.68. The molecule has 0 unspecified atom stereocenters. The number of hydrogen-bond donors (Lipinski definition) is 0. The smallest absolute Gasteiger partial charge is 0.0713 e. The minimum atomic E-state index is -1.27. The molecule has 0 aliphatic carbocycles. The Hall–Kier alpha value is 1.35. The van der Waals surface area contributed by atoms with Crippen LogP contribution in [0.4, 0.5) is 0 Å². The summed E-state index contributed by atoms with van der Waals surface area (Å²) >= 11 is 17.6. The summed E-state index contributed by atoms with van der Waals surface area (Å²) in [6.07, 6.45) is 0. The fourth-order valence-corrected chi connectivity index (χ4v) is 0. The molecule has 0 radical (unpaired) electrons. The van der Waals surface area contributed by atoms with Gasteiger partial charge in [0.15, 0.2) is 0 Å². The van der Waals surface area contributed by atoms with Gasteiger partial charge in [0.1, 0.15) is 0 Å². The SMILES string of the molecule is Cl[13C](Cl)(Cl)Br. The van der Waals surface area contributed by atoms with E-state index < -0.39 is 2.70 Å². The molecule has 0 atom stereocenters. The Morgan fingerprint density at radius 1 is 1.20 bits per heavy atom. The average Bonchev–Trinajstić information content (AvgIpc) is 0.722. The van der Waals surface area contributed by atoms with Crippen molar-refractivity contribution >= 4 is 50.7 Å². The van der Waals surface area contributed by atoms with E-state index in [-0.39, 0.29) is 0 Å². The number of halogens is 4. The fraction of sp³-hybridized carbons (Fsp3) is 1.00. The molecule has 0 rings (SSSR count). The molecule has 0 heterocycles. The number of alkyl halides is 4. The van der Waals surface area contributed by atoms with Crippen LogP contribution < -0.4 is 0 Å². The monoisotopic (exact) mass is 197 g/mol. The predicted molar refractivity (Wildman–Crippen MR) is 29.2 cm³/mol. The molecule has 4 heteroatoms. The van der Waals surface area contributed by atoms with Crippen molar-refractivity contribution in [2.75, 3.05) is 0 Å². The predicted octanol–water partition coefficient (Wildman–Crippen LogP) is 2.71. The fourth-order valence-electron chi connectivity index (χ4n) is 0. The standard InChI is InChI=1S/CBrCl3/c2-1(3,4)5/i1+1. The highest BCUT2D eigenvalue weighted by Gasteiger charge is 2.10. The summed E-state index contributed by atoms with van der Waals surface area (Å²) in [4.78, 5) is 0.